The molecule has 3 rings (SSSR count). The van der Waals surface area contributed by atoms with Gasteiger partial charge < -0.3 is 4.90 Å². The molecule has 0 N–H and O–H groups in total. The molecule has 2 heteroatoms. The van der Waals surface area contributed by atoms with E-state index in [1.807, 2.05) is 0 Å². The first-order valence-electron chi connectivity index (χ1n) is 7.35. The Morgan fingerprint density at radius 3 is 2.12 bits per heavy atom. The van der Waals surface area contributed by atoms with Crippen molar-refractivity contribution in [3.8, 4) is 6.07 Å². The number of nitrogens with zero attached hydrogens (tertiary/aromatic N) is 2. The van der Waals surface area contributed by atoms with Crippen LogP contribution in [0.15, 0.2) is 0 Å². The Bertz CT molecular complexity index is 308. The molecule has 17 heavy (non-hydrogen) atoms. The van der Waals surface area contributed by atoms with Gasteiger partial charge in [-0.3, -0.25) is 0 Å². The summed E-state index contributed by atoms with van der Waals surface area (Å²) in [6.45, 7) is 3.80. The highest BCUT2D eigenvalue weighted by atomic mass is 15.1. The summed E-state index contributed by atoms with van der Waals surface area (Å²) in [5, 5.41) is 8.87. The molecule has 1 heterocycles. The second kappa shape index (κ2) is 4.28. The molecule has 1 aliphatic heterocycles. The highest BCUT2D eigenvalue weighted by Crippen LogP contribution is 2.51. The average molecular weight is 232 g/mol. The van der Waals surface area contributed by atoms with Crippen LogP contribution in [-0.4, -0.2) is 24.5 Å². The molecule has 0 amide bonds. The second-order valence-corrected chi connectivity index (χ2v) is 6.82. The molecule has 2 saturated carbocycles. The first-order valence-corrected chi connectivity index (χ1v) is 7.35. The van der Waals surface area contributed by atoms with Crippen LogP contribution in [0.2, 0.25) is 0 Å². The summed E-state index contributed by atoms with van der Waals surface area (Å²) in [5.41, 5.74) is 1.15. The summed E-state index contributed by atoms with van der Waals surface area (Å²) in [4.78, 5) is 2.65. The van der Waals surface area contributed by atoms with E-state index in [4.69, 9.17) is 5.26 Å². The van der Waals surface area contributed by atoms with E-state index < -0.39 is 0 Å². The molecule has 1 spiro atoms. The van der Waals surface area contributed by atoms with Crippen molar-refractivity contribution in [2.45, 2.75) is 57.8 Å². The van der Waals surface area contributed by atoms with E-state index in [1.54, 1.807) is 0 Å². The highest BCUT2D eigenvalue weighted by Gasteiger charge is 2.45. The summed E-state index contributed by atoms with van der Waals surface area (Å²) in [6.07, 6.45) is 12.1. The fraction of sp³-hybridized carbons (Fsp3) is 0.933. The molecule has 3 aliphatic rings. The first kappa shape index (κ1) is 11.5. The fourth-order valence-corrected chi connectivity index (χ4v) is 4.02. The van der Waals surface area contributed by atoms with Crippen LogP contribution in [0, 0.1) is 22.2 Å². The maximum Gasteiger partial charge on any atom is 0.0628 e. The van der Waals surface area contributed by atoms with E-state index in [0.717, 1.165) is 11.8 Å². The smallest absolute Gasteiger partial charge is 0.0628 e. The van der Waals surface area contributed by atoms with Crippen molar-refractivity contribution in [3.63, 3.8) is 0 Å². The van der Waals surface area contributed by atoms with E-state index in [0.29, 0.717) is 5.41 Å². The zero-order valence-corrected chi connectivity index (χ0v) is 10.9. The molecule has 94 valence electrons. The van der Waals surface area contributed by atoms with E-state index in [1.165, 1.54) is 71.0 Å². The van der Waals surface area contributed by atoms with Gasteiger partial charge in [-0.25, -0.2) is 0 Å². The van der Waals surface area contributed by atoms with Crippen LogP contribution in [-0.2, 0) is 0 Å². The van der Waals surface area contributed by atoms with Gasteiger partial charge in [0.05, 0.1) is 6.07 Å². The summed E-state index contributed by atoms with van der Waals surface area (Å²) < 4.78 is 0. The van der Waals surface area contributed by atoms with Gasteiger partial charge in [0.25, 0.3) is 0 Å². The van der Waals surface area contributed by atoms with Crippen molar-refractivity contribution >= 4 is 0 Å². The number of nitriles is 1. The largest absolute Gasteiger partial charge is 0.303 e. The van der Waals surface area contributed by atoms with Crippen LogP contribution in [0.1, 0.15) is 57.8 Å². The van der Waals surface area contributed by atoms with E-state index >= 15 is 0 Å². The standard InChI is InChI=1S/C15H24N2/c16-10-7-15(5-6-15)13-17-11-8-14(9-12-17)3-1-2-4-14/h1-9,11-13H2. The minimum absolute atomic E-state index is 0.412. The van der Waals surface area contributed by atoms with E-state index in [9.17, 15) is 0 Å². The van der Waals surface area contributed by atoms with Crippen LogP contribution >= 0.6 is 0 Å². The van der Waals surface area contributed by atoms with Gasteiger partial charge >= 0.3 is 0 Å². The quantitative estimate of drug-likeness (QED) is 0.746. The van der Waals surface area contributed by atoms with Gasteiger partial charge in [-0.05, 0) is 62.4 Å². The van der Waals surface area contributed by atoms with Gasteiger partial charge in [-0.2, -0.15) is 5.26 Å². The normalized spacial score (nSPS) is 30.3. The second-order valence-electron chi connectivity index (χ2n) is 6.82. The Morgan fingerprint density at radius 1 is 0.941 bits per heavy atom. The van der Waals surface area contributed by atoms with Crippen molar-refractivity contribution in [2.24, 2.45) is 10.8 Å². The molecular weight excluding hydrogens is 208 g/mol. The summed E-state index contributed by atoms with van der Waals surface area (Å²) in [7, 11) is 0. The monoisotopic (exact) mass is 232 g/mol. The molecule has 0 aromatic carbocycles. The number of hydrogen-bond donors (Lipinski definition) is 0. The topological polar surface area (TPSA) is 27.0 Å². The predicted octanol–water partition coefficient (Wildman–Crippen LogP) is 3.34. The van der Waals surface area contributed by atoms with Crippen molar-refractivity contribution in [3.05, 3.63) is 0 Å². The molecule has 2 nitrogen and oxygen atoms in total. The maximum absolute atomic E-state index is 8.87. The Balaban J connectivity index is 1.50. The molecule has 0 aromatic heterocycles. The highest BCUT2D eigenvalue weighted by molar-refractivity contribution is 5.02. The molecule has 0 unspecified atom stereocenters. The van der Waals surface area contributed by atoms with Crippen molar-refractivity contribution in [1.29, 1.82) is 5.26 Å². The molecule has 0 atom stereocenters. The Morgan fingerprint density at radius 2 is 1.59 bits per heavy atom. The number of rotatable bonds is 3. The van der Waals surface area contributed by atoms with Crippen LogP contribution < -0.4 is 0 Å². The third-order valence-corrected chi connectivity index (χ3v) is 5.55. The molecule has 0 bridgehead atoms. The lowest BCUT2D eigenvalue weighted by atomic mass is 9.77. The molecule has 0 aromatic rings. The molecule has 3 fully saturated rings. The number of piperidine rings is 1. The Labute approximate surface area is 105 Å². The lowest BCUT2D eigenvalue weighted by Crippen LogP contribution is -2.41. The van der Waals surface area contributed by atoms with E-state index in [-0.39, 0.29) is 0 Å². The Kier molecular flexibility index (Phi) is 2.91. The van der Waals surface area contributed by atoms with Crippen molar-refractivity contribution < 1.29 is 0 Å². The van der Waals surface area contributed by atoms with E-state index in [2.05, 4.69) is 11.0 Å². The lowest BCUT2D eigenvalue weighted by molar-refractivity contribution is 0.0924. The zero-order valence-electron chi connectivity index (χ0n) is 10.9. The minimum Gasteiger partial charge on any atom is -0.303 e. The van der Waals surface area contributed by atoms with Crippen LogP contribution in [0.25, 0.3) is 0 Å². The van der Waals surface area contributed by atoms with Crippen LogP contribution in [0.5, 0.6) is 0 Å². The SMILES string of the molecule is N#CCC1(CN2CCC3(CCCC3)CC2)CC1. The maximum atomic E-state index is 8.87. The zero-order chi connectivity index (χ0) is 11.8. The van der Waals surface area contributed by atoms with Crippen molar-refractivity contribution in [1.82, 2.24) is 4.90 Å². The number of hydrogen-bond acceptors (Lipinski definition) is 2. The molecule has 1 saturated heterocycles. The van der Waals surface area contributed by atoms with Gasteiger partial charge in [0.15, 0.2) is 0 Å². The molecular formula is C15H24N2. The fourth-order valence-electron chi connectivity index (χ4n) is 4.02. The van der Waals surface area contributed by atoms with Gasteiger partial charge in [-0.1, -0.05) is 12.8 Å². The van der Waals surface area contributed by atoms with Crippen LogP contribution in [0.3, 0.4) is 0 Å². The Hall–Kier alpha value is -0.550. The van der Waals surface area contributed by atoms with Gasteiger partial charge in [0.1, 0.15) is 0 Å². The van der Waals surface area contributed by atoms with Gasteiger partial charge in [-0.15, -0.1) is 0 Å². The third-order valence-electron chi connectivity index (χ3n) is 5.55. The predicted molar refractivity (Wildman–Crippen MR) is 68.5 cm³/mol. The van der Waals surface area contributed by atoms with Gasteiger partial charge in [0.2, 0.25) is 0 Å². The summed E-state index contributed by atoms with van der Waals surface area (Å²) in [6, 6.07) is 2.38. The minimum atomic E-state index is 0.412. The third kappa shape index (κ3) is 2.36. The molecule has 2 aliphatic carbocycles. The van der Waals surface area contributed by atoms with Gasteiger partial charge in [0, 0.05) is 13.0 Å². The summed E-state index contributed by atoms with van der Waals surface area (Å²) in [5.74, 6) is 0. The lowest BCUT2D eigenvalue weighted by Gasteiger charge is -2.40. The summed E-state index contributed by atoms with van der Waals surface area (Å²) >= 11 is 0. The first-order chi connectivity index (χ1) is 8.26. The molecule has 0 radical (unpaired) electrons. The average Bonchev–Trinajstić information content (AvgIpc) is 2.93. The number of likely N-dealkylation sites (tertiary alicyclic amines) is 1. The van der Waals surface area contributed by atoms with Crippen LogP contribution in [0.4, 0.5) is 0 Å². The van der Waals surface area contributed by atoms with Crippen molar-refractivity contribution in [2.75, 3.05) is 19.6 Å².